The number of benzene rings is 2. The van der Waals surface area contributed by atoms with Gasteiger partial charge >= 0.3 is 0 Å². The van der Waals surface area contributed by atoms with Crippen LogP contribution in [0.2, 0.25) is 0 Å². The maximum atomic E-state index is 13.5. The van der Waals surface area contributed by atoms with E-state index in [1.165, 1.54) is 18.2 Å². The van der Waals surface area contributed by atoms with Crippen molar-refractivity contribution in [2.24, 2.45) is 0 Å². The van der Waals surface area contributed by atoms with Crippen LogP contribution in [0.25, 0.3) is 16.7 Å². The van der Waals surface area contributed by atoms with Crippen LogP contribution in [-0.4, -0.2) is 9.55 Å². The number of nitrogen functional groups attached to an aromatic ring is 1. The van der Waals surface area contributed by atoms with E-state index in [-0.39, 0.29) is 17.6 Å². The van der Waals surface area contributed by atoms with Gasteiger partial charge in [0.05, 0.1) is 16.7 Å². The van der Waals surface area contributed by atoms with Crippen LogP contribution in [0, 0.1) is 18.6 Å². The summed E-state index contributed by atoms with van der Waals surface area (Å²) in [4.78, 5) is 4.10. The quantitative estimate of drug-likeness (QED) is 0.729. The highest BCUT2D eigenvalue weighted by Crippen LogP contribution is 2.25. The molecule has 3 aromatic rings. The SMILES string of the molecule is Cc1cc2c(cc1F)nc(N)n2-c1cccc(F)c1. The van der Waals surface area contributed by atoms with Crippen molar-refractivity contribution in [3.8, 4) is 5.69 Å². The van der Waals surface area contributed by atoms with Gasteiger partial charge in [0.15, 0.2) is 0 Å². The highest BCUT2D eigenvalue weighted by Gasteiger charge is 2.12. The molecular formula is C14H11F2N3. The van der Waals surface area contributed by atoms with E-state index in [1.807, 2.05) is 0 Å². The van der Waals surface area contributed by atoms with Gasteiger partial charge in [0.2, 0.25) is 5.95 Å². The maximum Gasteiger partial charge on any atom is 0.205 e. The van der Waals surface area contributed by atoms with E-state index in [4.69, 9.17) is 5.73 Å². The van der Waals surface area contributed by atoms with E-state index < -0.39 is 0 Å². The van der Waals surface area contributed by atoms with Crippen LogP contribution >= 0.6 is 0 Å². The summed E-state index contributed by atoms with van der Waals surface area (Å²) in [7, 11) is 0. The fourth-order valence-corrected chi connectivity index (χ4v) is 2.11. The lowest BCUT2D eigenvalue weighted by Gasteiger charge is -2.07. The molecular weight excluding hydrogens is 248 g/mol. The summed E-state index contributed by atoms with van der Waals surface area (Å²) in [6.45, 7) is 1.66. The van der Waals surface area contributed by atoms with Crippen LogP contribution in [0.15, 0.2) is 36.4 Å². The van der Waals surface area contributed by atoms with Crippen molar-refractivity contribution in [1.82, 2.24) is 9.55 Å². The molecule has 0 saturated heterocycles. The molecule has 3 rings (SSSR count). The zero-order chi connectivity index (χ0) is 13.6. The number of nitrogens with two attached hydrogens (primary N) is 1. The Labute approximate surface area is 108 Å². The smallest absolute Gasteiger partial charge is 0.205 e. The molecule has 1 heterocycles. The number of imidazole rings is 1. The van der Waals surface area contributed by atoms with Crippen LogP contribution in [0.5, 0.6) is 0 Å². The fourth-order valence-electron chi connectivity index (χ4n) is 2.11. The van der Waals surface area contributed by atoms with Crippen LogP contribution in [0.4, 0.5) is 14.7 Å². The number of nitrogens with zero attached hydrogens (tertiary/aromatic N) is 2. The third kappa shape index (κ3) is 1.83. The van der Waals surface area contributed by atoms with Crippen molar-refractivity contribution in [3.63, 3.8) is 0 Å². The van der Waals surface area contributed by atoms with Crippen molar-refractivity contribution >= 4 is 17.0 Å². The minimum Gasteiger partial charge on any atom is -0.369 e. The average molecular weight is 259 g/mol. The molecule has 0 amide bonds. The average Bonchev–Trinajstić information content (AvgIpc) is 2.65. The van der Waals surface area contributed by atoms with Gasteiger partial charge in [-0.15, -0.1) is 0 Å². The molecule has 0 aliphatic heterocycles. The Hall–Kier alpha value is -2.43. The number of aromatic nitrogens is 2. The molecule has 96 valence electrons. The topological polar surface area (TPSA) is 43.8 Å². The van der Waals surface area contributed by atoms with Gasteiger partial charge in [0.1, 0.15) is 11.6 Å². The monoisotopic (exact) mass is 259 g/mol. The van der Waals surface area contributed by atoms with Gasteiger partial charge in [-0.1, -0.05) is 6.07 Å². The fraction of sp³-hybridized carbons (Fsp3) is 0.0714. The highest BCUT2D eigenvalue weighted by molar-refractivity contribution is 5.81. The first-order valence-electron chi connectivity index (χ1n) is 5.76. The first-order chi connectivity index (χ1) is 9.06. The molecule has 3 nitrogen and oxygen atoms in total. The molecule has 0 aliphatic carbocycles. The molecule has 0 saturated carbocycles. The molecule has 0 spiro atoms. The van der Waals surface area contributed by atoms with Crippen molar-refractivity contribution < 1.29 is 8.78 Å². The van der Waals surface area contributed by atoms with Gasteiger partial charge in [-0.2, -0.15) is 0 Å². The van der Waals surface area contributed by atoms with E-state index in [9.17, 15) is 8.78 Å². The van der Waals surface area contributed by atoms with Gasteiger partial charge in [-0.3, -0.25) is 4.57 Å². The zero-order valence-corrected chi connectivity index (χ0v) is 10.2. The second-order valence-electron chi connectivity index (χ2n) is 4.38. The van der Waals surface area contributed by atoms with E-state index in [1.54, 1.807) is 29.7 Å². The Kier molecular flexibility index (Phi) is 2.48. The molecule has 0 aliphatic rings. The van der Waals surface area contributed by atoms with Gasteiger partial charge < -0.3 is 5.73 Å². The first-order valence-corrected chi connectivity index (χ1v) is 5.76. The summed E-state index contributed by atoms with van der Waals surface area (Å²) in [5, 5.41) is 0. The van der Waals surface area contributed by atoms with E-state index in [2.05, 4.69) is 4.98 Å². The molecule has 1 aromatic heterocycles. The molecule has 2 N–H and O–H groups in total. The second-order valence-corrected chi connectivity index (χ2v) is 4.38. The Morgan fingerprint density at radius 3 is 2.68 bits per heavy atom. The Balaban J connectivity index is 2.34. The molecule has 0 atom stereocenters. The molecule has 19 heavy (non-hydrogen) atoms. The summed E-state index contributed by atoms with van der Waals surface area (Å²) in [5.41, 5.74) is 8.00. The predicted octanol–water partition coefficient (Wildman–Crippen LogP) is 3.19. The summed E-state index contributed by atoms with van der Waals surface area (Å²) >= 11 is 0. The predicted molar refractivity (Wildman–Crippen MR) is 70.1 cm³/mol. The van der Waals surface area contributed by atoms with Crippen molar-refractivity contribution in [2.75, 3.05) is 5.73 Å². The number of fused-ring (bicyclic) bond motifs is 1. The molecule has 5 heteroatoms. The summed E-state index contributed by atoms with van der Waals surface area (Å²) < 4.78 is 28.4. The second kappa shape index (κ2) is 4.05. The number of rotatable bonds is 1. The minimum absolute atomic E-state index is 0.200. The van der Waals surface area contributed by atoms with E-state index in [0.29, 0.717) is 22.3 Å². The third-order valence-corrected chi connectivity index (χ3v) is 3.03. The Morgan fingerprint density at radius 2 is 1.95 bits per heavy atom. The lowest BCUT2D eigenvalue weighted by atomic mass is 10.2. The molecule has 0 radical (unpaired) electrons. The van der Waals surface area contributed by atoms with Gasteiger partial charge in [0, 0.05) is 6.07 Å². The maximum absolute atomic E-state index is 13.5. The van der Waals surface area contributed by atoms with Crippen molar-refractivity contribution in [3.05, 3.63) is 53.6 Å². The van der Waals surface area contributed by atoms with Crippen molar-refractivity contribution in [1.29, 1.82) is 0 Å². The lowest BCUT2D eigenvalue weighted by molar-refractivity contribution is 0.620. The normalized spacial score (nSPS) is 11.1. The van der Waals surface area contributed by atoms with Crippen LogP contribution < -0.4 is 5.73 Å². The van der Waals surface area contributed by atoms with E-state index >= 15 is 0 Å². The van der Waals surface area contributed by atoms with Crippen molar-refractivity contribution in [2.45, 2.75) is 6.92 Å². The van der Waals surface area contributed by atoms with Gasteiger partial charge in [0.25, 0.3) is 0 Å². The standard InChI is InChI=1S/C14H11F2N3/c1-8-5-13-12(7-11(8)16)18-14(17)19(13)10-4-2-3-9(15)6-10/h2-7H,1H3,(H2,17,18). The lowest BCUT2D eigenvalue weighted by Crippen LogP contribution is -2.01. The molecule has 2 aromatic carbocycles. The number of halogens is 2. The minimum atomic E-state index is -0.363. The number of anilines is 1. The van der Waals surface area contributed by atoms with Crippen LogP contribution in [0.3, 0.4) is 0 Å². The first kappa shape index (κ1) is 11.6. The molecule has 0 fully saturated rings. The molecule has 0 bridgehead atoms. The van der Waals surface area contributed by atoms with Gasteiger partial charge in [-0.25, -0.2) is 13.8 Å². The Bertz CT molecular complexity index is 778. The third-order valence-electron chi connectivity index (χ3n) is 3.03. The summed E-state index contributed by atoms with van der Waals surface area (Å²) in [6.07, 6.45) is 0. The van der Waals surface area contributed by atoms with E-state index in [0.717, 1.165) is 0 Å². The van der Waals surface area contributed by atoms with Gasteiger partial charge in [-0.05, 0) is 36.8 Å². The molecule has 0 unspecified atom stereocenters. The number of hydrogen-bond donors (Lipinski definition) is 1. The van der Waals surface area contributed by atoms with Crippen LogP contribution in [-0.2, 0) is 0 Å². The summed E-state index contributed by atoms with van der Waals surface area (Å²) in [6, 6.07) is 9.00. The summed E-state index contributed by atoms with van der Waals surface area (Å²) in [5.74, 6) is -0.500. The number of aryl methyl sites for hydroxylation is 1. The van der Waals surface area contributed by atoms with Crippen LogP contribution in [0.1, 0.15) is 5.56 Å². The highest BCUT2D eigenvalue weighted by atomic mass is 19.1. The largest absolute Gasteiger partial charge is 0.369 e. The Morgan fingerprint density at radius 1 is 1.16 bits per heavy atom. The number of hydrogen-bond acceptors (Lipinski definition) is 2. The zero-order valence-electron chi connectivity index (χ0n) is 10.2.